The van der Waals surface area contributed by atoms with Gasteiger partial charge in [-0.15, -0.1) is 0 Å². The van der Waals surface area contributed by atoms with Gasteiger partial charge < -0.3 is 18.9 Å². The summed E-state index contributed by atoms with van der Waals surface area (Å²) < 4.78 is 21.1. The molecular formula is C19H24N2O6. The maximum absolute atomic E-state index is 12.6. The van der Waals surface area contributed by atoms with E-state index in [1.807, 2.05) is 31.0 Å². The van der Waals surface area contributed by atoms with Gasteiger partial charge in [-0.1, -0.05) is 0 Å². The first kappa shape index (κ1) is 19.0. The minimum absolute atomic E-state index is 0.147. The van der Waals surface area contributed by atoms with Gasteiger partial charge in [0, 0.05) is 12.0 Å². The van der Waals surface area contributed by atoms with Gasteiger partial charge in [0.15, 0.2) is 11.5 Å². The van der Waals surface area contributed by atoms with Gasteiger partial charge in [-0.25, -0.2) is 9.80 Å². The number of benzene rings is 1. The Kier molecular flexibility index (Phi) is 4.77. The minimum Gasteiger partial charge on any atom is -0.493 e. The van der Waals surface area contributed by atoms with Crippen molar-refractivity contribution in [1.29, 1.82) is 0 Å². The first-order valence-corrected chi connectivity index (χ1v) is 8.51. The summed E-state index contributed by atoms with van der Waals surface area (Å²) in [6, 6.07) is 3.27. The molecule has 1 saturated heterocycles. The zero-order valence-corrected chi connectivity index (χ0v) is 16.4. The third-order valence-corrected chi connectivity index (χ3v) is 4.89. The van der Waals surface area contributed by atoms with Crippen molar-refractivity contribution in [1.82, 2.24) is 10.0 Å². The Labute approximate surface area is 158 Å². The maximum atomic E-state index is 12.6. The van der Waals surface area contributed by atoms with Crippen molar-refractivity contribution in [3.8, 4) is 17.2 Å². The molecule has 1 fully saturated rings. The van der Waals surface area contributed by atoms with Crippen LogP contribution in [0, 0.1) is 0 Å². The average Bonchev–Trinajstić information content (AvgIpc) is 3.17. The van der Waals surface area contributed by atoms with Crippen LogP contribution in [0.25, 0.3) is 0 Å². The molecule has 0 aliphatic carbocycles. The molecule has 2 heterocycles. The minimum atomic E-state index is -0.555. The molecule has 1 aromatic carbocycles. The zero-order valence-electron chi connectivity index (χ0n) is 16.4. The summed E-state index contributed by atoms with van der Waals surface area (Å²) in [6.07, 6.45) is 2.02. The summed E-state index contributed by atoms with van der Waals surface area (Å²) in [4.78, 5) is 24.8. The largest absolute Gasteiger partial charge is 0.493 e. The number of rotatable bonds is 5. The fourth-order valence-corrected chi connectivity index (χ4v) is 3.73. The van der Waals surface area contributed by atoms with E-state index < -0.39 is 11.5 Å². The Morgan fingerprint density at radius 3 is 2.15 bits per heavy atom. The summed E-state index contributed by atoms with van der Waals surface area (Å²) in [5.74, 6) is 0.781. The smallest absolute Gasteiger partial charge is 0.356 e. The van der Waals surface area contributed by atoms with Gasteiger partial charge in [-0.2, -0.15) is 5.01 Å². The van der Waals surface area contributed by atoms with E-state index in [1.165, 1.54) is 19.2 Å². The first-order valence-electron chi connectivity index (χ1n) is 8.51. The third-order valence-electron chi connectivity index (χ3n) is 4.89. The van der Waals surface area contributed by atoms with E-state index in [9.17, 15) is 9.59 Å². The number of fused-ring (bicyclic) bond motifs is 1. The Bertz CT molecular complexity index is 791. The Morgan fingerprint density at radius 1 is 1.07 bits per heavy atom. The van der Waals surface area contributed by atoms with Crippen LogP contribution in [0.3, 0.4) is 0 Å². The summed E-state index contributed by atoms with van der Waals surface area (Å²) >= 11 is 0. The van der Waals surface area contributed by atoms with Gasteiger partial charge in [-0.3, -0.25) is 4.79 Å². The van der Waals surface area contributed by atoms with Crippen molar-refractivity contribution in [3.63, 3.8) is 0 Å². The molecule has 0 spiro atoms. The molecular weight excluding hydrogens is 352 g/mol. The lowest BCUT2D eigenvalue weighted by atomic mass is 9.96. The topological polar surface area (TPSA) is 77.5 Å². The second kappa shape index (κ2) is 6.77. The molecule has 0 N–H and O–H groups in total. The number of amides is 1. The molecule has 1 amide bonds. The lowest BCUT2D eigenvalue weighted by Crippen LogP contribution is -2.45. The number of nitrogens with zero attached hydrogens (tertiary/aromatic N) is 2. The molecule has 1 atom stereocenters. The van der Waals surface area contributed by atoms with Gasteiger partial charge in [-0.05, 0) is 37.6 Å². The van der Waals surface area contributed by atoms with Gasteiger partial charge in [0.25, 0.3) is 0 Å². The summed E-state index contributed by atoms with van der Waals surface area (Å²) in [5, 5.41) is 3.31. The lowest BCUT2D eigenvalue weighted by molar-refractivity contribution is -0.147. The number of hydrazine groups is 1. The third kappa shape index (κ3) is 2.90. The van der Waals surface area contributed by atoms with Crippen molar-refractivity contribution in [2.75, 3.05) is 28.4 Å². The molecule has 1 unspecified atom stereocenters. The normalized spacial score (nSPS) is 21.0. The van der Waals surface area contributed by atoms with Crippen molar-refractivity contribution in [2.24, 2.45) is 0 Å². The van der Waals surface area contributed by atoms with E-state index in [0.29, 0.717) is 23.7 Å². The van der Waals surface area contributed by atoms with Crippen molar-refractivity contribution < 1.29 is 28.5 Å². The van der Waals surface area contributed by atoms with E-state index in [-0.39, 0.29) is 17.6 Å². The van der Waals surface area contributed by atoms with Crippen LogP contribution < -0.4 is 14.2 Å². The van der Waals surface area contributed by atoms with Crippen LogP contribution in [-0.2, 0) is 14.3 Å². The summed E-state index contributed by atoms with van der Waals surface area (Å²) in [5.41, 5.74) is 0.539. The van der Waals surface area contributed by atoms with Gasteiger partial charge in [0.2, 0.25) is 11.7 Å². The van der Waals surface area contributed by atoms with Crippen LogP contribution in [0.5, 0.6) is 17.2 Å². The number of carbonyl (C=O) groups excluding carboxylic acids is 2. The van der Waals surface area contributed by atoms with E-state index in [4.69, 9.17) is 18.9 Å². The second-order valence-electron chi connectivity index (χ2n) is 6.99. The van der Waals surface area contributed by atoms with Gasteiger partial charge >= 0.3 is 5.97 Å². The molecule has 2 aliphatic rings. The molecule has 1 aromatic rings. The van der Waals surface area contributed by atoms with Gasteiger partial charge in [0.05, 0.1) is 34.5 Å². The van der Waals surface area contributed by atoms with E-state index in [1.54, 1.807) is 20.3 Å². The van der Waals surface area contributed by atoms with Crippen LogP contribution in [-0.4, -0.2) is 55.9 Å². The molecule has 0 radical (unpaired) electrons. The average molecular weight is 376 g/mol. The molecule has 2 aliphatic heterocycles. The van der Waals surface area contributed by atoms with E-state index in [0.717, 1.165) is 5.56 Å². The van der Waals surface area contributed by atoms with Crippen molar-refractivity contribution in [3.05, 3.63) is 29.5 Å². The van der Waals surface area contributed by atoms with Crippen LogP contribution in [0.1, 0.15) is 31.9 Å². The first-order chi connectivity index (χ1) is 12.8. The molecule has 0 aromatic heterocycles. The number of hydrogen-bond acceptors (Lipinski definition) is 7. The number of methoxy groups -OCH3 is 4. The van der Waals surface area contributed by atoms with E-state index in [2.05, 4.69) is 0 Å². The standard InChI is InChI=1S/C19H24N2O6/c1-19(2)10-16(22)20-13(18(23)27-6)9-12(21(19)20)11-7-14(24-3)17(26-5)15(8-11)25-4/h7-9,12H,10H2,1-6H3. The number of carbonyl (C=O) groups is 2. The quantitative estimate of drug-likeness (QED) is 0.728. The zero-order chi connectivity index (χ0) is 19.9. The molecule has 8 heteroatoms. The van der Waals surface area contributed by atoms with Crippen LogP contribution in [0.2, 0.25) is 0 Å². The fraction of sp³-hybridized carbons (Fsp3) is 0.474. The fourth-order valence-electron chi connectivity index (χ4n) is 3.73. The lowest BCUT2D eigenvalue weighted by Gasteiger charge is -2.36. The molecule has 146 valence electrons. The van der Waals surface area contributed by atoms with Gasteiger partial charge in [0.1, 0.15) is 5.70 Å². The Balaban J connectivity index is 2.16. The SMILES string of the molecule is COC(=O)C1=CC(c2cc(OC)c(OC)c(OC)c2)N2N1C(=O)CC2(C)C. The molecule has 0 bridgehead atoms. The second-order valence-corrected chi connectivity index (χ2v) is 6.99. The Hall–Kier alpha value is -2.74. The van der Waals surface area contributed by atoms with Crippen molar-refractivity contribution in [2.45, 2.75) is 31.8 Å². The van der Waals surface area contributed by atoms with Crippen molar-refractivity contribution >= 4 is 11.9 Å². The van der Waals surface area contributed by atoms with Crippen LogP contribution in [0.15, 0.2) is 23.9 Å². The summed E-state index contributed by atoms with van der Waals surface area (Å²) in [6.45, 7) is 3.92. The van der Waals surface area contributed by atoms with Crippen LogP contribution >= 0.6 is 0 Å². The highest BCUT2D eigenvalue weighted by molar-refractivity contribution is 5.95. The number of ether oxygens (including phenoxy) is 4. The molecule has 0 saturated carbocycles. The number of esters is 1. The predicted octanol–water partition coefficient (Wildman–Crippen LogP) is 2.05. The summed E-state index contributed by atoms with van der Waals surface area (Å²) in [7, 11) is 5.92. The maximum Gasteiger partial charge on any atom is 0.356 e. The van der Waals surface area contributed by atoms with E-state index >= 15 is 0 Å². The molecule has 27 heavy (non-hydrogen) atoms. The van der Waals surface area contributed by atoms with Crippen LogP contribution in [0.4, 0.5) is 0 Å². The molecule has 3 rings (SSSR count). The molecule has 8 nitrogen and oxygen atoms in total. The highest BCUT2D eigenvalue weighted by atomic mass is 16.5. The Morgan fingerprint density at radius 2 is 1.67 bits per heavy atom. The highest BCUT2D eigenvalue weighted by Crippen LogP contribution is 2.48. The monoisotopic (exact) mass is 376 g/mol. The number of hydrogen-bond donors (Lipinski definition) is 0. The predicted molar refractivity (Wildman–Crippen MR) is 96.3 cm³/mol. The highest BCUT2D eigenvalue weighted by Gasteiger charge is 2.53.